The predicted octanol–water partition coefficient (Wildman–Crippen LogP) is 5.05. The van der Waals surface area contributed by atoms with Crippen LogP contribution >= 0.6 is 31.9 Å². The molecule has 6 heteroatoms. The SMILES string of the molecule is O=C(Cc1cc(F)ccc1Br)c1c(F)cc(Br)cc1F. The molecule has 2 rings (SSSR count). The molecule has 0 radical (unpaired) electrons. The highest BCUT2D eigenvalue weighted by Gasteiger charge is 2.19. The summed E-state index contributed by atoms with van der Waals surface area (Å²) in [7, 11) is 0. The Kier molecular flexibility index (Phi) is 4.65. The van der Waals surface area contributed by atoms with Crippen LogP contribution in [-0.4, -0.2) is 5.78 Å². The van der Waals surface area contributed by atoms with Crippen LogP contribution in [0.4, 0.5) is 13.2 Å². The molecule has 0 aliphatic carbocycles. The molecular formula is C14H7Br2F3O. The van der Waals surface area contributed by atoms with E-state index in [1.807, 2.05) is 0 Å². The fourth-order valence-electron chi connectivity index (χ4n) is 1.75. The zero-order chi connectivity index (χ0) is 14.9. The number of benzene rings is 2. The van der Waals surface area contributed by atoms with E-state index in [9.17, 15) is 18.0 Å². The molecule has 104 valence electrons. The molecule has 20 heavy (non-hydrogen) atoms. The molecule has 0 bridgehead atoms. The Morgan fingerprint density at radius 1 is 1.00 bits per heavy atom. The van der Waals surface area contributed by atoms with Crippen LogP contribution in [0, 0.1) is 17.5 Å². The Morgan fingerprint density at radius 3 is 2.20 bits per heavy atom. The third-order valence-electron chi connectivity index (χ3n) is 2.64. The van der Waals surface area contributed by atoms with Crippen molar-refractivity contribution in [3.63, 3.8) is 0 Å². The normalized spacial score (nSPS) is 10.7. The van der Waals surface area contributed by atoms with Crippen LogP contribution in [0.5, 0.6) is 0 Å². The van der Waals surface area contributed by atoms with Crippen molar-refractivity contribution in [1.82, 2.24) is 0 Å². The van der Waals surface area contributed by atoms with E-state index in [0.717, 1.165) is 18.2 Å². The van der Waals surface area contributed by atoms with Crippen molar-refractivity contribution < 1.29 is 18.0 Å². The second-order valence-corrected chi connectivity index (χ2v) is 5.85. The summed E-state index contributed by atoms with van der Waals surface area (Å²) in [6.45, 7) is 0. The summed E-state index contributed by atoms with van der Waals surface area (Å²) >= 11 is 6.10. The maximum atomic E-state index is 13.7. The van der Waals surface area contributed by atoms with Gasteiger partial charge < -0.3 is 0 Å². The Labute approximate surface area is 130 Å². The van der Waals surface area contributed by atoms with Gasteiger partial charge in [0.15, 0.2) is 5.78 Å². The summed E-state index contributed by atoms with van der Waals surface area (Å²) in [5.74, 6) is -3.17. The number of halogens is 5. The summed E-state index contributed by atoms with van der Waals surface area (Å²) in [4.78, 5) is 12.0. The highest BCUT2D eigenvalue weighted by Crippen LogP contribution is 2.24. The second-order valence-electron chi connectivity index (χ2n) is 4.08. The van der Waals surface area contributed by atoms with E-state index in [1.54, 1.807) is 0 Å². The highest BCUT2D eigenvalue weighted by atomic mass is 79.9. The molecule has 0 aliphatic rings. The molecule has 0 saturated heterocycles. The van der Waals surface area contributed by atoms with Gasteiger partial charge in [-0.25, -0.2) is 13.2 Å². The first-order valence-corrected chi connectivity index (χ1v) is 7.08. The molecule has 0 saturated carbocycles. The lowest BCUT2D eigenvalue weighted by Crippen LogP contribution is -2.10. The van der Waals surface area contributed by atoms with E-state index in [0.29, 0.717) is 10.0 Å². The van der Waals surface area contributed by atoms with Crippen LogP contribution in [0.15, 0.2) is 39.3 Å². The lowest BCUT2D eigenvalue weighted by Gasteiger charge is -2.07. The molecule has 0 N–H and O–H groups in total. The molecule has 0 atom stereocenters. The summed E-state index contributed by atoms with van der Waals surface area (Å²) in [5, 5.41) is 0. The lowest BCUT2D eigenvalue weighted by atomic mass is 10.0. The van der Waals surface area contributed by atoms with Crippen LogP contribution in [0.3, 0.4) is 0 Å². The van der Waals surface area contributed by atoms with Gasteiger partial charge in [-0.05, 0) is 35.9 Å². The van der Waals surface area contributed by atoms with Gasteiger partial charge in [0, 0.05) is 15.4 Å². The molecule has 2 aromatic rings. The predicted molar refractivity (Wildman–Crippen MR) is 76.2 cm³/mol. The van der Waals surface area contributed by atoms with E-state index in [1.165, 1.54) is 12.1 Å². The summed E-state index contributed by atoms with van der Waals surface area (Å²) in [6, 6.07) is 5.83. The van der Waals surface area contributed by atoms with Gasteiger partial charge >= 0.3 is 0 Å². The zero-order valence-electron chi connectivity index (χ0n) is 9.89. The van der Waals surface area contributed by atoms with Crippen molar-refractivity contribution in [2.24, 2.45) is 0 Å². The molecular weight excluding hydrogens is 401 g/mol. The second kappa shape index (κ2) is 6.10. The first-order valence-electron chi connectivity index (χ1n) is 5.50. The van der Waals surface area contributed by atoms with Crippen molar-refractivity contribution in [3.05, 3.63) is 67.9 Å². The van der Waals surface area contributed by atoms with Gasteiger partial charge in [0.05, 0.1) is 5.56 Å². The van der Waals surface area contributed by atoms with Crippen LogP contribution in [0.25, 0.3) is 0 Å². The first kappa shape index (κ1) is 15.3. The van der Waals surface area contributed by atoms with Gasteiger partial charge in [-0.2, -0.15) is 0 Å². The number of Topliss-reactive ketones (excluding diaryl/α,β-unsaturated/α-hetero) is 1. The third-order valence-corrected chi connectivity index (χ3v) is 3.88. The van der Waals surface area contributed by atoms with Crippen LogP contribution in [0.1, 0.15) is 15.9 Å². The number of ketones is 1. The molecule has 0 spiro atoms. The van der Waals surface area contributed by atoms with Gasteiger partial charge in [0.25, 0.3) is 0 Å². The van der Waals surface area contributed by atoms with Gasteiger partial charge in [-0.1, -0.05) is 31.9 Å². The minimum absolute atomic E-state index is 0.205. The number of hydrogen-bond acceptors (Lipinski definition) is 1. The Bertz CT molecular complexity index is 663. The summed E-state index contributed by atoms with van der Waals surface area (Å²) in [6.07, 6.45) is -0.298. The number of carbonyl (C=O) groups is 1. The molecule has 0 aliphatic heterocycles. The van der Waals surface area contributed by atoms with Gasteiger partial charge in [0.1, 0.15) is 17.5 Å². The fraction of sp³-hybridized carbons (Fsp3) is 0.0714. The Morgan fingerprint density at radius 2 is 1.60 bits per heavy atom. The number of rotatable bonds is 3. The minimum atomic E-state index is -0.950. The Balaban J connectivity index is 2.36. The largest absolute Gasteiger partial charge is 0.294 e. The van der Waals surface area contributed by atoms with E-state index in [-0.39, 0.29) is 10.9 Å². The average molecular weight is 408 g/mol. The first-order chi connectivity index (χ1) is 9.38. The third kappa shape index (κ3) is 3.30. The zero-order valence-corrected chi connectivity index (χ0v) is 13.1. The molecule has 0 heterocycles. The molecule has 0 unspecified atom stereocenters. The fourth-order valence-corrected chi connectivity index (χ4v) is 2.54. The van der Waals surface area contributed by atoms with Crippen molar-refractivity contribution in [2.45, 2.75) is 6.42 Å². The molecule has 0 fully saturated rings. The van der Waals surface area contributed by atoms with E-state index in [2.05, 4.69) is 31.9 Å². The van der Waals surface area contributed by atoms with Crippen molar-refractivity contribution in [1.29, 1.82) is 0 Å². The molecule has 0 amide bonds. The maximum Gasteiger partial charge on any atom is 0.173 e. The quantitative estimate of drug-likeness (QED) is 0.650. The molecule has 0 aromatic heterocycles. The molecule has 1 nitrogen and oxygen atoms in total. The maximum absolute atomic E-state index is 13.7. The lowest BCUT2D eigenvalue weighted by molar-refractivity contribution is 0.0984. The standard InChI is InChI=1S/C14H7Br2F3O/c15-8-5-11(18)14(12(19)6-8)13(20)4-7-3-9(17)1-2-10(7)16/h1-3,5-6H,4H2. The van der Waals surface area contributed by atoms with Crippen molar-refractivity contribution in [3.8, 4) is 0 Å². The van der Waals surface area contributed by atoms with Crippen LogP contribution < -0.4 is 0 Å². The highest BCUT2D eigenvalue weighted by molar-refractivity contribution is 9.10. The van der Waals surface area contributed by atoms with E-state index < -0.39 is 28.8 Å². The van der Waals surface area contributed by atoms with Crippen molar-refractivity contribution >= 4 is 37.6 Å². The van der Waals surface area contributed by atoms with E-state index in [4.69, 9.17) is 0 Å². The van der Waals surface area contributed by atoms with Crippen LogP contribution in [0.2, 0.25) is 0 Å². The van der Waals surface area contributed by atoms with Gasteiger partial charge in [0.2, 0.25) is 0 Å². The summed E-state index contributed by atoms with van der Waals surface area (Å²) in [5.41, 5.74) is -0.291. The van der Waals surface area contributed by atoms with Gasteiger partial charge in [-0.15, -0.1) is 0 Å². The van der Waals surface area contributed by atoms with E-state index >= 15 is 0 Å². The minimum Gasteiger partial charge on any atom is -0.294 e. The number of hydrogen-bond donors (Lipinski definition) is 0. The van der Waals surface area contributed by atoms with Gasteiger partial charge in [-0.3, -0.25) is 4.79 Å². The molecule has 2 aromatic carbocycles. The smallest absolute Gasteiger partial charge is 0.173 e. The number of carbonyl (C=O) groups excluding carboxylic acids is 1. The average Bonchev–Trinajstić information content (AvgIpc) is 2.32. The monoisotopic (exact) mass is 406 g/mol. The van der Waals surface area contributed by atoms with Crippen LogP contribution in [-0.2, 0) is 6.42 Å². The Hall–Kier alpha value is -1.14. The summed E-state index contributed by atoms with van der Waals surface area (Å²) < 4.78 is 41.2. The topological polar surface area (TPSA) is 17.1 Å². The van der Waals surface area contributed by atoms with Crippen molar-refractivity contribution in [2.75, 3.05) is 0 Å².